The molecule has 0 N–H and O–H groups in total. The third-order valence-electron chi connectivity index (χ3n) is 5.52. The molecule has 1 unspecified atom stereocenters. The average Bonchev–Trinajstić information content (AvgIpc) is 3.26. The van der Waals surface area contributed by atoms with Crippen molar-refractivity contribution in [3.63, 3.8) is 0 Å². The normalized spacial score (nSPS) is 14.6. The molecule has 3 heteroatoms. The molecule has 4 aromatic rings. The highest BCUT2D eigenvalue weighted by Crippen LogP contribution is 2.45. The summed E-state index contributed by atoms with van der Waals surface area (Å²) >= 11 is 0. The molecule has 0 radical (unpaired) electrons. The van der Waals surface area contributed by atoms with Gasteiger partial charge in [-0.3, -0.25) is 4.79 Å². The minimum Gasteiger partial charge on any atom is -0.309 e. The van der Waals surface area contributed by atoms with E-state index in [1.54, 1.807) is 12.1 Å². The van der Waals surface area contributed by atoms with Gasteiger partial charge < -0.3 is 4.57 Å². The summed E-state index contributed by atoms with van der Waals surface area (Å²) in [5.41, 5.74) is 6.62. The highest BCUT2D eigenvalue weighted by molar-refractivity contribution is 6.09. The molecular weight excluding hydrogens is 349 g/mol. The van der Waals surface area contributed by atoms with E-state index in [0.717, 1.165) is 22.5 Å². The molecule has 0 fully saturated rings. The first kappa shape index (κ1) is 16.7. The van der Waals surface area contributed by atoms with Gasteiger partial charge in [-0.05, 0) is 47.5 Å². The molecule has 1 aromatic heterocycles. The van der Waals surface area contributed by atoms with Crippen molar-refractivity contribution in [1.29, 1.82) is 0 Å². The first-order chi connectivity index (χ1) is 13.6. The summed E-state index contributed by atoms with van der Waals surface area (Å²) in [5.74, 6) is -0.269. The number of aromatic nitrogens is 1. The Labute approximate surface area is 162 Å². The molecule has 136 valence electrons. The smallest absolute Gasteiger partial charge is 0.209 e. The van der Waals surface area contributed by atoms with Crippen molar-refractivity contribution < 1.29 is 9.18 Å². The van der Waals surface area contributed by atoms with E-state index in [9.17, 15) is 9.18 Å². The molecule has 0 amide bonds. The molecule has 28 heavy (non-hydrogen) atoms. The molecule has 2 nitrogen and oxygen atoms in total. The van der Waals surface area contributed by atoms with Crippen LogP contribution in [0.4, 0.5) is 4.39 Å². The highest BCUT2D eigenvalue weighted by atomic mass is 19.1. The summed E-state index contributed by atoms with van der Waals surface area (Å²) < 4.78 is 15.4. The molecular formula is C25H18FNO. The second kappa shape index (κ2) is 6.31. The van der Waals surface area contributed by atoms with Crippen LogP contribution in [0.5, 0.6) is 0 Å². The lowest BCUT2D eigenvalue weighted by Gasteiger charge is -2.08. The lowest BCUT2D eigenvalue weighted by Crippen LogP contribution is -2.08. The van der Waals surface area contributed by atoms with Gasteiger partial charge in [0.1, 0.15) is 5.82 Å². The van der Waals surface area contributed by atoms with Crippen molar-refractivity contribution in [2.24, 2.45) is 0 Å². The third-order valence-corrected chi connectivity index (χ3v) is 5.52. The first-order valence-electron chi connectivity index (χ1n) is 9.36. The fraction of sp³-hybridized carbons (Fsp3) is 0.0800. The van der Waals surface area contributed by atoms with Gasteiger partial charge in [-0.25, -0.2) is 4.39 Å². The standard InChI is InChI=1S/C25H18FNO/c1-16-20-9-5-6-10-22(20)27-23(25(28)18-11-13-19(26)14-12-18)15-21(24(16)27)17-7-3-2-4-8-17/h2-16H,1H3. The quantitative estimate of drug-likeness (QED) is 0.408. The monoisotopic (exact) mass is 367 g/mol. The molecule has 0 aliphatic carbocycles. The lowest BCUT2D eigenvalue weighted by molar-refractivity contribution is 0.103. The van der Waals surface area contributed by atoms with Gasteiger partial charge in [-0.15, -0.1) is 0 Å². The Kier molecular flexibility index (Phi) is 3.76. The van der Waals surface area contributed by atoms with Crippen LogP contribution in [0.25, 0.3) is 16.8 Å². The third kappa shape index (κ3) is 2.43. The van der Waals surface area contributed by atoms with E-state index >= 15 is 0 Å². The van der Waals surface area contributed by atoms with Gasteiger partial charge in [-0.2, -0.15) is 0 Å². The number of benzene rings is 3. The van der Waals surface area contributed by atoms with Gasteiger partial charge in [-0.1, -0.05) is 55.5 Å². The average molecular weight is 367 g/mol. The Balaban J connectivity index is 1.76. The van der Waals surface area contributed by atoms with E-state index in [1.807, 2.05) is 36.4 Å². The largest absolute Gasteiger partial charge is 0.309 e. The molecule has 1 atom stereocenters. The summed E-state index contributed by atoms with van der Waals surface area (Å²) in [7, 11) is 0. The van der Waals surface area contributed by atoms with E-state index in [4.69, 9.17) is 0 Å². The number of para-hydroxylation sites is 1. The van der Waals surface area contributed by atoms with Gasteiger partial charge in [0, 0.05) is 28.4 Å². The Morgan fingerprint density at radius 3 is 2.32 bits per heavy atom. The van der Waals surface area contributed by atoms with Crippen molar-refractivity contribution in [3.05, 3.63) is 113 Å². The van der Waals surface area contributed by atoms with Crippen molar-refractivity contribution in [1.82, 2.24) is 4.57 Å². The van der Waals surface area contributed by atoms with Gasteiger partial charge in [0.05, 0.1) is 5.69 Å². The molecule has 0 bridgehead atoms. The van der Waals surface area contributed by atoms with Gasteiger partial charge >= 0.3 is 0 Å². The number of ketones is 1. The predicted octanol–water partition coefficient (Wildman–Crippen LogP) is 5.98. The highest BCUT2D eigenvalue weighted by Gasteiger charge is 2.33. The van der Waals surface area contributed by atoms with Crippen LogP contribution in [0.3, 0.4) is 0 Å². The summed E-state index contributed by atoms with van der Waals surface area (Å²) in [5, 5.41) is 0. The number of carbonyl (C=O) groups excluding carboxylic acids is 1. The number of hydrogen-bond acceptors (Lipinski definition) is 1. The minimum atomic E-state index is -0.346. The minimum absolute atomic E-state index is 0.104. The number of hydrogen-bond donors (Lipinski definition) is 0. The molecule has 0 saturated carbocycles. The number of fused-ring (bicyclic) bond motifs is 3. The summed E-state index contributed by atoms with van der Waals surface area (Å²) in [4.78, 5) is 13.3. The number of carbonyl (C=O) groups is 1. The van der Waals surface area contributed by atoms with Crippen LogP contribution in [-0.2, 0) is 0 Å². The summed E-state index contributed by atoms with van der Waals surface area (Å²) in [6, 6.07) is 26.1. The van der Waals surface area contributed by atoms with Crippen LogP contribution in [0.2, 0.25) is 0 Å². The number of halogens is 1. The second-order valence-corrected chi connectivity index (χ2v) is 7.15. The van der Waals surface area contributed by atoms with Crippen LogP contribution in [0.15, 0.2) is 84.9 Å². The van der Waals surface area contributed by atoms with E-state index in [-0.39, 0.29) is 17.5 Å². The van der Waals surface area contributed by atoms with E-state index < -0.39 is 0 Å². The maximum atomic E-state index is 13.3. The number of nitrogens with zero attached hydrogens (tertiary/aromatic N) is 1. The van der Waals surface area contributed by atoms with Crippen molar-refractivity contribution >= 4 is 5.78 Å². The van der Waals surface area contributed by atoms with Gasteiger partial charge in [0.2, 0.25) is 5.78 Å². The van der Waals surface area contributed by atoms with Gasteiger partial charge in [0.15, 0.2) is 0 Å². The zero-order valence-corrected chi connectivity index (χ0v) is 15.4. The summed E-state index contributed by atoms with van der Waals surface area (Å²) in [6.07, 6.45) is 0. The van der Waals surface area contributed by atoms with Crippen molar-refractivity contribution in [3.8, 4) is 16.8 Å². The Hall–Kier alpha value is -3.46. The van der Waals surface area contributed by atoms with Crippen LogP contribution >= 0.6 is 0 Å². The molecule has 0 spiro atoms. The molecule has 1 aliphatic rings. The zero-order valence-electron chi connectivity index (χ0n) is 15.4. The van der Waals surface area contributed by atoms with Crippen molar-refractivity contribution in [2.75, 3.05) is 0 Å². The zero-order chi connectivity index (χ0) is 19.3. The maximum absolute atomic E-state index is 13.3. The first-order valence-corrected chi connectivity index (χ1v) is 9.36. The molecule has 1 aliphatic heterocycles. The molecule has 0 saturated heterocycles. The Bertz CT molecular complexity index is 1190. The van der Waals surface area contributed by atoms with Gasteiger partial charge in [0.25, 0.3) is 0 Å². The predicted molar refractivity (Wildman–Crippen MR) is 109 cm³/mol. The van der Waals surface area contributed by atoms with Crippen LogP contribution < -0.4 is 0 Å². The molecule has 2 heterocycles. The van der Waals surface area contributed by atoms with Crippen LogP contribution in [0, 0.1) is 5.82 Å². The lowest BCUT2D eigenvalue weighted by atomic mass is 9.94. The van der Waals surface area contributed by atoms with Crippen LogP contribution in [0.1, 0.15) is 40.2 Å². The van der Waals surface area contributed by atoms with E-state index in [2.05, 4.69) is 35.8 Å². The topological polar surface area (TPSA) is 22.0 Å². The fourth-order valence-corrected chi connectivity index (χ4v) is 4.18. The Morgan fingerprint density at radius 2 is 1.57 bits per heavy atom. The van der Waals surface area contributed by atoms with E-state index in [0.29, 0.717) is 11.3 Å². The SMILES string of the molecule is CC1c2ccccc2-n2c(C(=O)c3ccc(F)cc3)cc(-c3ccccc3)c21. The molecule has 3 aromatic carbocycles. The summed E-state index contributed by atoms with van der Waals surface area (Å²) in [6.45, 7) is 2.18. The molecule has 5 rings (SSSR count). The Morgan fingerprint density at radius 1 is 0.893 bits per heavy atom. The maximum Gasteiger partial charge on any atom is 0.209 e. The van der Waals surface area contributed by atoms with Crippen molar-refractivity contribution in [2.45, 2.75) is 12.8 Å². The van der Waals surface area contributed by atoms with E-state index in [1.165, 1.54) is 17.7 Å². The van der Waals surface area contributed by atoms with Crippen LogP contribution in [-0.4, -0.2) is 10.4 Å². The second-order valence-electron chi connectivity index (χ2n) is 7.15. The number of rotatable bonds is 3. The fourth-order valence-electron chi connectivity index (χ4n) is 4.18.